The predicted octanol–water partition coefficient (Wildman–Crippen LogP) is 1.43. The maximum Gasteiger partial charge on any atom is 0.414 e. The molecule has 1 aliphatic carbocycles. The van der Waals surface area contributed by atoms with Gasteiger partial charge in [0.25, 0.3) is 0 Å². The summed E-state index contributed by atoms with van der Waals surface area (Å²) in [5.74, 6) is 0.509. The molecule has 0 aromatic heterocycles. The maximum atomic E-state index is 14.7. The molecule has 0 bridgehead atoms. The molecule has 3 fully saturated rings. The Bertz CT molecular complexity index is 790. The number of nitrogens with one attached hydrogen (secondary N) is 1. The van der Waals surface area contributed by atoms with Crippen molar-refractivity contribution in [2.24, 2.45) is 22.9 Å². The van der Waals surface area contributed by atoms with Gasteiger partial charge in [-0.3, -0.25) is 9.69 Å². The number of halogens is 1. The van der Waals surface area contributed by atoms with Crippen molar-refractivity contribution in [1.82, 2.24) is 5.32 Å². The van der Waals surface area contributed by atoms with E-state index in [9.17, 15) is 14.0 Å². The van der Waals surface area contributed by atoms with Crippen LogP contribution < -0.4 is 15.1 Å². The van der Waals surface area contributed by atoms with Crippen LogP contribution in [0.5, 0.6) is 0 Å². The first kappa shape index (κ1) is 17.6. The fraction of sp³-hybridized carbons (Fsp3) is 0.500. The van der Waals surface area contributed by atoms with Gasteiger partial charge in [-0.05, 0) is 30.0 Å². The second-order valence-electron chi connectivity index (χ2n) is 7.26. The Morgan fingerprint density at radius 2 is 2.15 bits per heavy atom. The Morgan fingerprint density at radius 1 is 1.41 bits per heavy atom. The standard InChI is InChI=1S/C18H21FN4O4/c1-10(24)20-5-12-7-23(18(25)27-12)11-2-3-17(16(19)4-11)22-8-14-13(6-21-26)15(14)9-22/h2-4,6,12-15,26H,5,7-9H2,1H3,(H,20,24)/b21-6-/t12-,13?,14?,15?/m0/s1. The number of hydrogen-bond acceptors (Lipinski definition) is 6. The van der Waals surface area contributed by atoms with Gasteiger partial charge < -0.3 is 20.2 Å². The molecular weight excluding hydrogens is 355 g/mol. The maximum absolute atomic E-state index is 14.7. The summed E-state index contributed by atoms with van der Waals surface area (Å²) in [7, 11) is 0. The van der Waals surface area contributed by atoms with Gasteiger partial charge in [-0.1, -0.05) is 0 Å². The minimum atomic E-state index is -0.550. The van der Waals surface area contributed by atoms with Crippen molar-refractivity contribution in [3.05, 3.63) is 24.0 Å². The first-order valence-electron chi connectivity index (χ1n) is 8.92. The predicted molar refractivity (Wildman–Crippen MR) is 95.7 cm³/mol. The Kier molecular flexibility index (Phi) is 4.37. The van der Waals surface area contributed by atoms with E-state index < -0.39 is 12.2 Å². The normalized spacial score (nSPS) is 29.2. The zero-order chi connectivity index (χ0) is 19.1. The number of hydrogen-bond donors (Lipinski definition) is 2. The van der Waals surface area contributed by atoms with E-state index in [2.05, 4.69) is 10.5 Å². The first-order chi connectivity index (χ1) is 13.0. The Hall–Kier alpha value is -2.84. The number of fused-ring (bicyclic) bond motifs is 1. The van der Waals surface area contributed by atoms with Crippen LogP contribution in [0.15, 0.2) is 23.4 Å². The van der Waals surface area contributed by atoms with Gasteiger partial charge in [0.1, 0.15) is 11.9 Å². The van der Waals surface area contributed by atoms with Gasteiger partial charge >= 0.3 is 6.09 Å². The molecule has 144 valence electrons. The molecule has 1 aromatic rings. The zero-order valence-corrected chi connectivity index (χ0v) is 14.8. The van der Waals surface area contributed by atoms with Crippen molar-refractivity contribution in [2.75, 3.05) is 36.0 Å². The fourth-order valence-electron chi connectivity index (χ4n) is 4.08. The van der Waals surface area contributed by atoms with E-state index in [0.717, 1.165) is 13.1 Å². The van der Waals surface area contributed by atoms with Crippen molar-refractivity contribution in [2.45, 2.75) is 13.0 Å². The van der Waals surface area contributed by atoms with E-state index in [1.54, 1.807) is 18.3 Å². The number of benzene rings is 1. The summed E-state index contributed by atoms with van der Waals surface area (Å²) in [6.07, 6.45) is 0.550. The summed E-state index contributed by atoms with van der Waals surface area (Å²) in [6, 6.07) is 4.73. The minimum absolute atomic E-state index is 0.198. The van der Waals surface area contributed by atoms with Crippen LogP contribution in [-0.2, 0) is 9.53 Å². The zero-order valence-electron chi connectivity index (χ0n) is 14.8. The number of carbonyl (C=O) groups excluding carboxylic acids is 2. The average molecular weight is 376 g/mol. The van der Waals surface area contributed by atoms with Crippen molar-refractivity contribution < 1.29 is 23.9 Å². The highest BCUT2D eigenvalue weighted by molar-refractivity contribution is 5.90. The number of oxime groups is 1. The van der Waals surface area contributed by atoms with E-state index in [1.165, 1.54) is 17.9 Å². The number of carbonyl (C=O) groups is 2. The van der Waals surface area contributed by atoms with Crippen molar-refractivity contribution >= 4 is 29.6 Å². The van der Waals surface area contributed by atoms with Crippen molar-refractivity contribution in [1.29, 1.82) is 0 Å². The largest absolute Gasteiger partial charge is 0.442 e. The van der Waals surface area contributed by atoms with Crippen LogP contribution in [0.3, 0.4) is 0 Å². The van der Waals surface area contributed by atoms with Crippen molar-refractivity contribution in [3.8, 4) is 0 Å². The number of piperidine rings is 1. The van der Waals surface area contributed by atoms with E-state index in [-0.39, 0.29) is 30.7 Å². The van der Waals surface area contributed by atoms with Gasteiger partial charge in [0, 0.05) is 32.1 Å². The average Bonchev–Trinajstić information content (AvgIpc) is 2.98. The smallest absolute Gasteiger partial charge is 0.414 e. The molecule has 2 heterocycles. The third kappa shape index (κ3) is 3.29. The van der Waals surface area contributed by atoms with Crippen LogP contribution in [0.2, 0.25) is 0 Å². The molecule has 27 heavy (non-hydrogen) atoms. The molecule has 2 amide bonds. The number of cyclic esters (lactones) is 1. The summed E-state index contributed by atoms with van der Waals surface area (Å²) in [5, 5.41) is 14.3. The van der Waals surface area contributed by atoms with Crippen LogP contribution in [0, 0.1) is 23.6 Å². The summed E-state index contributed by atoms with van der Waals surface area (Å²) in [5.41, 5.74) is 0.939. The molecule has 2 aliphatic heterocycles. The van der Waals surface area contributed by atoms with E-state index >= 15 is 0 Å². The molecule has 3 aliphatic rings. The third-order valence-corrected chi connectivity index (χ3v) is 5.54. The molecule has 8 nitrogen and oxygen atoms in total. The minimum Gasteiger partial charge on any atom is -0.442 e. The SMILES string of the molecule is CC(=O)NC[C@H]1CN(c2ccc(N3CC4C(/C=N\O)C4C3)c(F)c2)C(=O)O1. The first-order valence-corrected chi connectivity index (χ1v) is 8.92. The van der Waals surface area contributed by atoms with Crippen LogP contribution in [0.25, 0.3) is 0 Å². The van der Waals surface area contributed by atoms with Gasteiger partial charge in [0.15, 0.2) is 0 Å². The van der Waals surface area contributed by atoms with E-state index in [0.29, 0.717) is 23.2 Å². The number of anilines is 2. The lowest BCUT2D eigenvalue weighted by molar-refractivity contribution is -0.119. The molecule has 0 spiro atoms. The number of nitrogens with zero attached hydrogens (tertiary/aromatic N) is 3. The second kappa shape index (κ2) is 6.71. The third-order valence-electron chi connectivity index (χ3n) is 5.54. The van der Waals surface area contributed by atoms with E-state index in [1.807, 2.05) is 4.90 Å². The monoisotopic (exact) mass is 376 g/mol. The van der Waals surface area contributed by atoms with Crippen LogP contribution in [-0.4, -0.2) is 55.7 Å². The highest BCUT2D eigenvalue weighted by Crippen LogP contribution is 2.51. The van der Waals surface area contributed by atoms with Gasteiger partial charge in [-0.25, -0.2) is 9.18 Å². The number of ether oxygens (including phenoxy) is 1. The van der Waals surface area contributed by atoms with E-state index in [4.69, 9.17) is 9.94 Å². The van der Waals surface area contributed by atoms with Crippen LogP contribution >= 0.6 is 0 Å². The molecule has 1 aromatic carbocycles. The van der Waals surface area contributed by atoms with Gasteiger partial charge in [-0.15, -0.1) is 5.16 Å². The Labute approximate surface area is 155 Å². The Balaban J connectivity index is 1.41. The summed E-state index contributed by atoms with van der Waals surface area (Å²) in [6.45, 7) is 3.33. The molecule has 3 atom stereocenters. The summed E-state index contributed by atoms with van der Waals surface area (Å²) in [4.78, 5) is 26.4. The number of rotatable bonds is 5. The highest BCUT2D eigenvalue weighted by Gasteiger charge is 2.55. The number of amides is 2. The Morgan fingerprint density at radius 3 is 2.78 bits per heavy atom. The van der Waals surface area contributed by atoms with Crippen LogP contribution in [0.4, 0.5) is 20.6 Å². The summed E-state index contributed by atoms with van der Waals surface area (Å²) >= 11 is 0. The lowest BCUT2D eigenvalue weighted by Gasteiger charge is -2.23. The topological polar surface area (TPSA) is 94.5 Å². The fourth-order valence-corrected chi connectivity index (χ4v) is 4.08. The second-order valence-corrected chi connectivity index (χ2v) is 7.26. The highest BCUT2D eigenvalue weighted by atomic mass is 19.1. The van der Waals surface area contributed by atoms with Gasteiger partial charge in [0.2, 0.25) is 5.91 Å². The molecule has 4 rings (SSSR count). The molecule has 2 N–H and O–H groups in total. The summed E-state index contributed by atoms with van der Waals surface area (Å²) < 4.78 is 19.9. The van der Waals surface area contributed by atoms with Crippen LogP contribution in [0.1, 0.15) is 6.92 Å². The molecule has 1 saturated carbocycles. The molecular formula is C18H21FN4O4. The van der Waals surface area contributed by atoms with Gasteiger partial charge in [-0.2, -0.15) is 0 Å². The molecule has 9 heteroatoms. The van der Waals surface area contributed by atoms with Crippen molar-refractivity contribution in [3.63, 3.8) is 0 Å². The molecule has 0 radical (unpaired) electrons. The lowest BCUT2D eigenvalue weighted by atomic mass is 10.2. The van der Waals surface area contributed by atoms with Gasteiger partial charge in [0.05, 0.1) is 24.5 Å². The molecule has 2 saturated heterocycles. The lowest BCUT2D eigenvalue weighted by Crippen LogP contribution is -2.33. The molecule has 2 unspecified atom stereocenters. The quantitative estimate of drug-likeness (QED) is 0.461.